The van der Waals surface area contributed by atoms with Crippen molar-refractivity contribution in [2.45, 2.75) is 31.6 Å². The summed E-state index contributed by atoms with van der Waals surface area (Å²) in [5.74, 6) is 0. The van der Waals surface area contributed by atoms with Crippen LogP contribution < -0.4 is 0 Å². The Morgan fingerprint density at radius 2 is 0.797 bits per heavy atom. The predicted molar refractivity (Wildman–Crippen MR) is 246 cm³/mol. The molecule has 1 heterocycles. The third-order valence-corrected chi connectivity index (χ3v) is 13.2. The van der Waals surface area contributed by atoms with E-state index in [2.05, 4.69) is 227 Å². The molecule has 0 saturated heterocycles. The van der Waals surface area contributed by atoms with Crippen LogP contribution in [0.1, 0.15) is 52.8 Å². The molecule has 0 unspecified atom stereocenters. The van der Waals surface area contributed by atoms with Gasteiger partial charge in [-0.05, 0) is 109 Å². The highest BCUT2D eigenvalue weighted by Crippen LogP contribution is 2.62. The molecule has 1 nitrogen and oxygen atoms in total. The fourth-order valence-electron chi connectivity index (χ4n) is 10.3. The fourth-order valence-corrected chi connectivity index (χ4v) is 10.3. The SMILES string of the molecule is Cc1c(-c2cccc(-c3ccc4c(c3)C(C)(C)c3ccccc3C43c4ccccc4-c4ccccc43)c2)cc(-c2ccc(-c3ccccc3)cc2)nc1-c1ccccc1. The van der Waals surface area contributed by atoms with Crippen molar-refractivity contribution in [3.63, 3.8) is 0 Å². The Labute approximate surface area is 347 Å². The average Bonchev–Trinajstić information content (AvgIpc) is 3.60. The molecule has 0 radical (unpaired) electrons. The van der Waals surface area contributed by atoms with Crippen LogP contribution in [0.5, 0.6) is 0 Å². The zero-order valence-corrected chi connectivity index (χ0v) is 33.6. The predicted octanol–water partition coefficient (Wildman–Crippen LogP) is 14.7. The summed E-state index contributed by atoms with van der Waals surface area (Å²) in [5.41, 5.74) is 22.9. The largest absolute Gasteiger partial charge is 0.247 e. The number of fused-ring (bicyclic) bond motifs is 9. The van der Waals surface area contributed by atoms with Crippen LogP contribution in [0.3, 0.4) is 0 Å². The standard InChI is InChI=1S/C58H43N/c1-38-48(37-55(59-56(38)42-19-8-5-9-20-42)41-31-29-40(30-32-41)39-17-6-4-7-18-39)45-22-16-21-43(35-45)44-33-34-53-54(36-44)57(2,3)51-27-14-15-28-52(51)58(53)49-25-12-10-23-46(49)47-24-11-13-26-50(47)58/h4-37H,1-3H3. The van der Waals surface area contributed by atoms with E-state index in [0.717, 1.165) is 22.5 Å². The lowest BCUT2D eigenvalue weighted by Crippen LogP contribution is -2.40. The van der Waals surface area contributed by atoms with E-state index in [1.165, 1.54) is 83.5 Å². The number of nitrogens with zero attached hydrogens (tertiary/aromatic N) is 1. The van der Waals surface area contributed by atoms with Crippen LogP contribution in [0.4, 0.5) is 0 Å². The van der Waals surface area contributed by atoms with Gasteiger partial charge in [-0.2, -0.15) is 0 Å². The van der Waals surface area contributed by atoms with Crippen LogP contribution in [0, 0.1) is 6.92 Å². The Hall–Kier alpha value is -7.09. The second kappa shape index (κ2) is 13.5. The van der Waals surface area contributed by atoms with E-state index >= 15 is 0 Å². The Morgan fingerprint density at radius 1 is 0.322 bits per heavy atom. The Kier molecular flexibility index (Phi) is 8.03. The molecule has 280 valence electrons. The molecule has 0 bridgehead atoms. The Balaban J connectivity index is 1.07. The summed E-state index contributed by atoms with van der Waals surface area (Å²) < 4.78 is 0. The summed E-state index contributed by atoms with van der Waals surface area (Å²) in [5, 5.41) is 0. The first-order valence-corrected chi connectivity index (χ1v) is 20.7. The van der Waals surface area contributed by atoms with Crippen molar-refractivity contribution in [3.8, 4) is 67.0 Å². The molecular weight excluding hydrogens is 711 g/mol. The number of rotatable bonds is 5. The van der Waals surface area contributed by atoms with Gasteiger partial charge >= 0.3 is 0 Å². The molecule has 1 heteroatoms. The highest BCUT2D eigenvalue weighted by atomic mass is 14.7. The molecule has 0 aliphatic heterocycles. The number of pyridine rings is 1. The Bertz CT molecular complexity index is 3020. The fraction of sp³-hybridized carbons (Fsp3) is 0.0862. The minimum absolute atomic E-state index is 0.214. The van der Waals surface area contributed by atoms with Crippen molar-refractivity contribution in [2.75, 3.05) is 0 Å². The Morgan fingerprint density at radius 3 is 1.47 bits per heavy atom. The minimum Gasteiger partial charge on any atom is -0.247 e. The summed E-state index contributed by atoms with van der Waals surface area (Å²) in [7, 11) is 0. The van der Waals surface area contributed by atoms with Gasteiger partial charge in [-0.1, -0.05) is 202 Å². The molecule has 2 aliphatic rings. The maximum atomic E-state index is 5.33. The molecule has 11 rings (SSSR count). The van der Waals surface area contributed by atoms with Crippen molar-refractivity contribution in [2.24, 2.45) is 0 Å². The normalized spacial score (nSPS) is 13.9. The highest BCUT2D eigenvalue weighted by Gasteiger charge is 2.53. The third-order valence-electron chi connectivity index (χ3n) is 13.2. The highest BCUT2D eigenvalue weighted by molar-refractivity contribution is 5.89. The van der Waals surface area contributed by atoms with E-state index in [0.29, 0.717) is 0 Å². The maximum absolute atomic E-state index is 5.33. The van der Waals surface area contributed by atoms with Crippen LogP contribution >= 0.6 is 0 Å². The van der Waals surface area contributed by atoms with Crippen molar-refractivity contribution in [1.82, 2.24) is 4.98 Å². The second-order valence-corrected chi connectivity index (χ2v) is 16.7. The zero-order valence-electron chi connectivity index (χ0n) is 33.6. The molecule has 59 heavy (non-hydrogen) atoms. The smallest absolute Gasteiger partial charge is 0.0744 e. The quantitative estimate of drug-likeness (QED) is 0.171. The maximum Gasteiger partial charge on any atom is 0.0744 e. The molecule has 0 N–H and O–H groups in total. The van der Waals surface area contributed by atoms with Crippen molar-refractivity contribution in [1.29, 1.82) is 0 Å². The summed E-state index contributed by atoms with van der Waals surface area (Å²) in [6.45, 7) is 7.03. The summed E-state index contributed by atoms with van der Waals surface area (Å²) in [4.78, 5) is 5.33. The van der Waals surface area contributed by atoms with E-state index < -0.39 is 5.41 Å². The second-order valence-electron chi connectivity index (χ2n) is 16.7. The molecule has 0 amide bonds. The molecule has 9 aromatic rings. The molecule has 1 spiro atoms. The topological polar surface area (TPSA) is 12.9 Å². The van der Waals surface area contributed by atoms with Gasteiger partial charge in [0.25, 0.3) is 0 Å². The number of hydrogen-bond acceptors (Lipinski definition) is 1. The molecule has 0 fully saturated rings. The molecule has 0 saturated carbocycles. The van der Waals surface area contributed by atoms with E-state index in [1.54, 1.807) is 0 Å². The summed E-state index contributed by atoms with van der Waals surface area (Å²) >= 11 is 0. The molecule has 2 aliphatic carbocycles. The van der Waals surface area contributed by atoms with Crippen LogP contribution in [-0.2, 0) is 10.8 Å². The summed E-state index contributed by atoms with van der Waals surface area (Å²) in [6, 6.07) is 76.0. The van der Waals surface area contributed by atoms with Gasteiger partial charge in [0.2, 0.25) is 0 Å². The first-order valence-electron chi connectivity index (χ1n) is 20.7. The minimum atomic E-state index is -0.396. The monoisotopic (exact) mass is 753 g/mol. The van der Waals surface area contributed by atoms with Crippen molar-refractivity contribution < 1.29 is 0 Å². The number of aromatic nitrogens is 1. The van der Waals surface area contributed by atoms with E-state index in [4.69, 9.17) is 4.98 Å². The molecular formula is C58H43N. The molecule has 8 aromatic carbocycles. The van der Waals surface area contributed by atoms with E-state index in [1.807, 2.05) is 0 Å². The van der Waals surface area contributed by atoms with Crippen LogP contribution in [-0.4, -0.2) is 4.98 Å². The van der Waals surface area contributed by atoms with Gasteiger partial charge in [0.05, 0.1) is 16.8 Å². The van der Waals surface area contributed by atoms with Crippen molar-refractivity contribution >= 4 is 0 Å². The van der Waals surface area contributed by atoms with Crippen LogP contribution in [0.2, 0.25) is 0 Å². The first kappa shape index (κ1) is 35.1. The van der Waals surface area contributed by atoms with Crippen LogP contribution in [0.15, 0.2) is 206 Å². The first-order chi connectivity index (χ1) is 28.9. The summed E-state index contributed by atoms with van der Waals surface area (Å²) in [6.07, 6.45) is 0. The van der Waals surface area contributed by atoms with Crippen molar-refractivity contribution in [3.05, 3.63) is 245 Å². The third kappa shape index (κ3) is 5.35. The number of benzene rings is 8. The average molecular weight is 754 g/mol. The molecule has 0 atom stereocenters. The lowest BCUT2D eigenvalue weighted by Gasteiger charge is -2.46. The van der Waals surface area contributed by atoms with Gasteiger partial charge in [0.15, 0.2) is 0 Å². The molecule has 1 aromatic heterocycles. The number of hydrogen-bond donors (Lipinski definition) is 0. The van der Waals surface area contributed by atoms with Gasteiger partial charge in [-0.25, -0.2) is 4.98 Å². The van der Waals surface area contributed by atoms with E-state index in [-0.39, 0.29) is 5.41 Å². The van der Waals surface area contributed by atoms with Gasteiger partial charge in [0.1, 0.15) is 0 Å². The lowest BCUT2D eigenvalue weighted by molar-refractivity contribution is 0.563. The zero-order chi connectivity index (χ0) is 39.7. The van der Waals surface area contributed by atoms with Gasteiger partial charge in [-0.15, -0.1) is 0 Å². The van der Waals surface area contributed by atoms with Crippen LogP contribution in [0.25, 0.3) is 67.0 Å². The van der Waals surface area contributed by atoms with E-state index in [9.17, 15) is 0 Å². The van der Waals surface area contributed by atoms with Gasteiger partial charge < -0.3 is 0 Å². The van der Waals surface area contributed by atoms with Gasteiger partial charge in [0, 0.05) is 16.5 Å². The van der Waals surface area contributed by atoms with Gasteiger partial charge in [-0.3, -0.25) is 0 Å². The lowest BCUT2D eigenvalue weighted by atomic mass is 9.55.